The van der Waals surface area contributed by atoms with Gasteiger partial charge in [0.1, 0.15) is 5.82 Å². The van der Waals surface area contributed by atoms with Crippen LogP contribution in [0.25, 0.3) is 0 Å². The Kier molecular flexibility index (Phi) is 3.94. The molecule has 4 heteroatoms. The van der Waals surface area contributed by atoms with Gasteiger partial charge in [-0.25, -0.2) is 4.98 Å². The van der Waals surface area contributed by atoms with E-state index in [0.717, 1.165) is 35.4 Å². The van der Waals surface area contributed by atoms with E-state index in [1.54, 1.807) is 0 Å². The number of halogens is 1. The van der Waals surface area contributed by atoms with E-state index in [1.807, 2.05) is 13.2 Å². The summed E-state index contributed by atoms with van der Waals surface area (Å²) >= 11 is 6.20. The number of aromatic nitrogens is 1. The number of hydrogen-bond donors (Lipinski definition) is 1. The van der Waals surface area contributed by atoms with Gasteiger partial charge in [0.2, 0.25) is 0 Å². The number of nitrogens with zero attached hydrogens (tertiary/aromatic N) is 2. The fraction of sp³-hybridized carbons (Fsp3) is 0.667. The first kappa shape index (κ1) is 13.2. The number of nitrogens with one attached hydrogen (secondary N) is 1. The Morgan fingerprint density at radius 2 is 2.21 bits per heavy atom. The molecule has 3 rings (SSSR count). The SMILES string of the molecule is CNCc1cc(N2CCCC3CCCC32)ncc1Cl. The van der Waals surface area contributed by atoms with Gasteiger partial charge < -0.3 is 10.2 Å². The van der Waals surface area contributed by atoms with Crippen molar-refractivity contribution in [2.45, 2.75) is 44.7 Å². The molecule has 1 aromatic rings. The van der Waals surface area contributed by atoms with Crippen LogP contribution in [-0.2, 0) is 6.54 Å². The van der Waals surface area contributed by atoms with Crippen molar-refractivity contribution in [3.05, 3.63) is 22.8 Å². The van der Waals surface area contributed by atoms with Crippen molar-refractivity contribution < 1.29 is 0 Å². The van der Waals surface area contributed by atoms with Crippen molar-refractivity contribution in [3.8, 4) is 0 Å². The number of pyridine rings is 1. The van der Waals surface area contributed by atoms with E-state index in [0.29, 0.717) is 6.04 Å². The van der Waals surface area contributed by atoms with Gasteiger partial charge in [0.05, 0.1) is 5.02 Å². The second-order valence-corrected chi connectivity index (χ2v) is 6.17. The summed E-state index contributed by atoms with van der Waals surface area (Å²) in [6.45, 7) is 1.95. The molecule has 1 aliphatic carbocycles. The molecule has 3 nitrogen and oxygen atoms in total. The second-order valence-electron chi connectivity index (χ2n) is 5.76. The molecule has 0 spiro atoms. The maximum Gasteiger partial charge on any atom is 0.129 e. The number of piperidine rings is 1. The number of hydrogen-bond acceptors (Lipinski definition) is 3. The van der Waals surface area contributed by atoms with Gasteiger partial charge >= 0.3 is 0 Å². The third-order valence-corrected chi connectivity index (χ3v) is 4.92. The summed E-state index contributed by atoms with van der Waals surface area (Å²) in [5.74, 6) is 2.00. The van der Waals surface area contributed by atoms with Gasteiger partial charge in [-0.2, -0.15) is 0 Å². The van der Waals surface area contributed by atoms with Crippen LogP contribution in [0.2, 0.25) is 5.02 Å². The quantitative estimate of drug-likeness (QED) is 0.921. The molecule has 0 bridgehead atoms. The standard InChI is InChI=1S/C15H22ClN3/c1-17-9-12-8-15(18-10-13(12)16)19-7-3-5-11-4-2-6-14(11)19/h8,10-11,14,17H,2-7,9H2,1H3. The minimum absolute atomic E-state index is 0.713. The molecule has 19 heavy (non-hydrogen) atoms. The third-order valence-electron chi connectivity index (χ3n) is 4.57. The lowest BCUT2D eigenvalue weighted by molar-refractivity contribution is 0.360. The first-order valence-electron chi connectivity index (χ1n) is 7.35. The van der Waals surface area contributed by atoms with Crippen molar-refractivity contribution >= 4 is 17.4 Å². The molecule has 2 unspecified atom stereocenters. The van der Waals surface area contributed by atoms with Crippen LogP contribution < -0.4 is 10.2 Å². The van der Waals surface area contributed by atoms with Crippen molar-refractivity contribution in [1.29, 1.82) is 0 Å². The molecule has 0 aromatic carbocycles. The van der Waals surface area contributed by atoms with E-state index in [-0.39, 0.29) is 0 Å². The molecular formula is C15H22ClN3. The Balaban J connectivity index is 1.86. The fourth-order valence-corrected chi connectivity index (χ4v) is 3.86. The van der Waals surface area contributed by atoms with E-state index >= 15 is 0 Å². The van der Waals surface area contributed by atoms with Crippen molar-refractivity contribution in [2.75, 3.05) is 18.5 Å². The molecule has 1 saturated heterocycles. The van der Waals surface area contributed by atoms with Gasteiger partial charge in [-0.15, -0.1) is 0 Å². The van der Waals surface area contributed by atoms with Crippen LogP contribution in [0.5, 0.6) is 0 Å². The third kappa shape index (κ3) is 2.59. The zero-order valence-corrected chi connectivity index (χ0v) is 12.3. The first-order chi connectivity index (χ1) is 9.29. The summed E-state index contributed by atoms with van der Waals surface area (Å²) in [4.78, 5) is 7.10. The molecule has 2 fully saturated rings. The maximum absolute atomic E-state index is 6.20. The molecule has 1 N–H and O–H groups in total. The van der Waals surface area contributed by atoms with Crippen LogP contribution in [-0.4, -0.2) is 24.6 Å². The Morgan fingerprint density at radius 1 is 1.37 bits per heavy atom. The molecule has 0 amide bonds. The summed E-state index contributed by atoms with van der Waals surface area (Å²) in [6, 6.07) is 2.88. The van der Waals surface area contributed by atoms with Gasteiger partial charge in [-0.3, -0.25) is 0 Å². The highest BCUT2D eigenvalue weighted by Crippen LogP contribution is 2.38. The first-order valence-corrected chi connectivity index (χ1v) is 7.73. The Morgan fingerprint density at radius 3 is 3.05 bits per heavy atom. The van der Waals surface area contributed by atoms with Crippen molar-refractivity contribution in [3.63, 3.8) is 0 Å². The minimum Gasteiger partial charge on any atom is -0.353 e. The smallest absolute Gasteiger partial charge is 0.129 e. The molecule has 2 atom stereocenters. The lowest BCUT2D eigenvalue weighted by Crippen LogP contribution is -2.43. The van der Waals surface area contributed by atoms with Crippen molar-refractivity contribution in [2.24, 2.45) is 5.92 Å². The second kappa shape index (κ2) is 5.68. The fourth-order valence-electron chi connectivity index (χ4n) is 3.69. The van der Waals surface area contributed by atoms with Gasteiger partial charge in [-0.05, 0) is 50.3 Å². The Labute approximate surface area is 120 Å². The minimum atomic E-state index is 0.713. The summed E-state index contributed by atoms with van der Waals surface area (Å²) in [5.41, 5.74) is 1.15. The van der Waals surface area contributed by atoms with E-state index in [4.69, 9.17) is 11.6 Å². The zero-order valence-electron chi connectivity index (χ0n) is 11.5. The number of fused-ring (bicyclic) bond motifs is 1. The number of anilines is 1. The highest BCUT2D eigenvalue weighted by Gasteiger charge is 2.35. The summed E-state index contributed by atoms with van der Waals surface area (Å²) in [5, 5.41) is 3.93. The van der Waals surface area contributed by atoms with Crippen LogP contribution in [0.15, 0.2) is 12.3 Å². The van der Waals surface area contributed by atoms with E-state index in [9.17, 15) is 0 Å². The van der Waals surface area contributed by atoms with Crippen LogP contribution in [0.3, 0.4) is 0 Å². The van der Waals surface area contributed by atoms with Gasteiger partial charge in [-0.1, -0.05) is 18.0 Å². The van der Waals surface area contributed by atoms with Gasteiger partial charge in [0.25, 0.3) is 0 Å². The molecule has 2 heterocycles. The lowest BCUT2D eigenvalue weighted by atomic mass is 9.92. The molecular weight excluding hydrogens is 258 g/mol. The maximum atomic E-state index is 6.20. The highest BCUT2D eigenvalue weighted by molar-refractivity contribution is 6.31. The van der Waals surface area contributed by atoms with E-state index in [2.05, 4.69) is 21.3 Å². The zero-order chi connectivity index (χ0) is 13.2. The Bertz CT molecular complexity index is 449. The molecule has 2 aliphatic rings. The lowest BCUT2D eigenvalue weighted by Gasteiger charge is -2.38. The average Bonchev–Trinajstić information content (AvgIpc) is 2.90. The molecule has 1 saturated carbocycles. The number of rotatable bonds is 3. The van der Waals surface area contributed by atoms with Crippen LogP contribution in [0, 0.1) is 5.92 Å². The van der Waals surface area contributed by atoms with Crippen LogP contribution >= 0.6 is 11.6 Å². The molecule has 104 valence electrons. The van der Waals surface area contributed by atoms with E-state index < -0.39 is 0 Å². The van der Waals surface area contributed by atoms with Gasteiger partial charge in [0.15, 0.2) is 0 Å². The normalized spacial score (nSPS) is 26.5. The highest BCUT2D eigenvalue weighted by atomic mass is 35.5. The van der Waals surface area contributed by atoms with E-state index in [1.165, 1.54) is 32.1 Å². The molecule has 1 aromatic heterocycles. The summed E-state index contributed by atoms with van der Waals surface area (Å²) in [7, 11) is 1.95. The topological polar surface area (TPSA) is 28.2 Å². The Hall–Kier alpha value is -0.800. The van der Waals surface area contributed by atoms with Gasteiger partial charge in [0, 0.05) is 25.3 Å². The largest absolute Gasteiger partial charge is 0.353 e. The van der Waals surface area contributed by atoms with Crippen LogP contribution in [0.4, 0.5) is 5.82 Å². The summed E-state index contributed by atoms with van der Waals surface area (Å²) < 4.78 is 0. The molecule has 1 aliphatic heterocycles. The average molecular weight is 280 g/mol. The van der Waals surface area contributed by atoms with Crippen molar-refractivity contribution in [1.82, 2.24) is 10.3 Å². The molecule has 0 radical (unpaired) electrons. The predicted octanol–water partition coefficient (Wildman–Crippen LogP) is 3.22. The predicted molar refractivity (Wildman–Crippen MR) is 79.7 cm³/mol. The summed E-state index contributed by atoms with van der Waals surface area (Å²) in [6.07, 6.45) is 8.62. The van der Waals surface area contributed by atoms with Crippen LogP contribution in [0.1, 0.15) is 37.7 Å². The monoisotopic (exact) mass is 279 g/mol.